The summed E-state index contributed by atoms with van der Waals surface area (Å²) in [4.78, 5) is 23.6. The lowest BCUT2D eigenvalue weighted by Crippen LogP contribution is -2.35. The molecule has 2 aromatic heterocycles. The van der Waals surface area contributed by atoms with Crippen molar-refractivity contribution in [3.05, 3.63) is 72.5 Å². The number of aromatic nitrogens is 3. The molecule has 0 atom stereocenters. The number of hydrogen-bond donors (Lipinski definition) is 2. The van der Waals surface area contributed by atoms with Crippen molar-refractivity contribution in [3.8, 4) is 11.1 Å². The molecule has 1 aromatic carbocycles. The van der Waals surface area contributed by atoms with Crippen LogP contribution in [0.15, 0.2) is 66.2 Å². The molecule has 0 unspecified atom stereocenters. The summed E-state index contributed by atoms with van der Waals surface area (Å²) in [6, 6.07) is 8.05. The Morgan fingerprint density at radius 1 is 1.28 bits per heavy atom. The molecular weight excluding hydrogens is 404 g/mol. The van der Waals surface area contributed by atoms with Crippen molar-refractivity contribution in [3.63, 3.8) is 0 Å². The van der Waals surface area contributed by atoms with Crippen LogP contribution in [0.1, 0.15) is 23.0 Å². The second-order valence-corrected chi connectivity index (χ2v) is 7.60. The molecule has 8 heteroatoms. The van der Waals surface area contributed by atoms with Gasteiger partial charge < -0.3 is 10.1 Å². The van der Waals surface area contributed by atoms with Crippen molar-refractivity contribution < 1.29 is 9.53 Å². The van der Waals surface area contributed by atoms with Crippen molar-refractivity contribution in [1.29, 1.82) is 0 Å². The summed E-state index contributed by atoms with van der Waals surface area (Å²) in [5.41, 5.74) is 4.87. The average molecular weight is 431 g/mol. The number of benzene rings is 1. The quantitative estimate of drug-likeness (QED) is 0.561. The lowest BCUT2D eigenvalue weighted by Gasteiger charge is -2.26. The molecule has 32 heavy (non-hydrogen) atoms. The molecule has 0 saturated carbocycles. The zero-order valence-corrected chi connectivity index (χ0v) is 18.0. The maximum absolute atomic E-state index is 12.8. The average Bonchev–Trinajstić information content (AvgIpc) is 3.23. The molecule has 3 heterocycles. The van der Waals surface area contributed by atoms with Gasteiger partial charge in [0.05, 0.1) is 18.7 Å². The topological polar surface area (TPSA) is 95.5 Å². The Balaban J connectivity index is 1.56. The zero-order valence-electron chi connectivity index (χ0n) is 18.0. The first kappa shape index (κ1) is 21.6. The number of hydrogen-bond acceptors (Lipinski definition) is 6. The van der Waals surface area contributed by atoms with E-state index in [9.17, 15) is 4.79 Å². The highest BCUT2D eigenvalue weighted by molar-refractivity contribution is 6.06. The van der Waals surface area contributed by atoms with E-state index in [-0.39, 0.29) is 5.91 Å². The Morgan fingerprint density at radius 3 is 2.94 bits per heavy atom. The highest BCUT2D eigenvalue weighted by Crippen LogP contribution is 2.26. The smallest absolute Gasteiger partial charge is 0.276 e. The molecule has 1 aliphatic rings. The van der Waals surface area contributed by atoms with Gasteiger partial charge in [0, 0.05) is 61.1 Å². The number of ether oxygens (including phenoxy) is 1. The molecule has 3 aromatic rings. The van der Waals surface area contributed by atoms with Crippen molar-refractivity contribution in [1.82, 2.24) is 25.4 Å². The third-order valence-electron chi connectivity index (χ3n) is 5.19. The molecule has 2 N–H and O–H groups in total. The van der Waals surface area contributed by atoms with Gasteiger partial charge in [-0.2, -0.15) is 5.10 Å². The molecule has 1 saturated heterocycles. The van der Waals surface area contributed by atoms with Gasteiger partial charge in [0.25, 0.3) is 5.91 Å². The van der Waals surface area contributed by atoms with Crippen LogP contribution < -0.4 is 5.32 Å². The first-order valence-corrected chi connectivity index (χ1v) is 10.5. The SMILES string of the molecule is C=CC=N/C=C(\C)NC(=O)c1n[nH]c2ccc(-c3cncc(CN4CCOCC4)c3)cc12. The normalized spacial score (nSPS) is 15.3. The summed E-state index contributed by atoms with van der Waals surface area (Å²) < 4.78 is 5.43. The van der Waals surface area contributed by atoms with Crippen molar-refractivity contribution in [2.75, 3.05) is 26.3 Å². The number of allylic oxidation sites excluding steroid dienone is 2. The summed E-state index contributed by atoms with van der Waals surface area (Å²) in [5, 5.41) is 10.7. The van der Waals surface area contributed by atoms with Gasteiger partial charge in [-0.1, -0.05) is 18.7 Å². The van der Waals surface area contributed by atoms with E-state index >= 15 is 0 Å². The fourth-order valence-corrected chi connectivity index (χ4v) is 3.60. The van der Waals surface area contributed by atoms with Gasteiger partial charge in [0.15, 0.2) is 5.69 Å². The predicted molar refractivity (Wildman–Crippen MR) is 125 cm³/mol. The molecular formula is C24H26N6O2. The third kappa shape index (κ3) is 5.16. The Kier molecular flexibility index (Phi) is 6.84. The van der Waals surface area contributed by atoms with E-state index in [1.54, 1.807) is 25.4 Å². The Hall–Kier alpha value is -3.62. The lowest BCUT2D eigenvalue weighted by atomic mass is 10.0. The van der Waals surface area contributed by atoms with E-state index in [1.165, 1.54) is 0 Å². The van der Waals surface area contributed by atoms with Crippen molar-refractivity contribution in [2.45, 2.75) is 13.5 Å². The van der Waals surface area contributed by atoms with Crippen LogP contribution in [0, 0.1) is 0 Å². The number of fused-ring (bicyclic) bond motifs is 1. The van der Waals surface area contributed by atoms with Crippen molar-refractivity contribution in [2.24, 2.45) is 4.99 Å². The third-order valence-corrected chi connectivity index (χ3v) is 5.19. The highest BCUT2D eigenvalue weighted by Gasteiger charge is 2.16. The van der Waals surface area contributed by atoms with Gasteiger partial charge in [-0.05, 0) is 36.2 Å². The van der Waals surface area contributed by atoms with Crippen LogP contribution in [0.25, 0.3) is 22.0 Å². The summed E-state index contributed by atoms with van der Waals surface area (Å²) in [5.74, 6) is -0.296. The minimum absolute atomic E-state index is 0.296. The van der Waals surface area contributed by atoms with E-state index in [0.717, 1.165) is 60.4 Å². The van der Waals surface area contributed by atoms with E-state index in [2.05, 4.69) is 43.0 Å². The first-order chi connectivity index (χ1) is 15.6. The number of pyridine rings is 1. The van der Waals surface area contributed by atoms with Gasteiger partial charge in [-0.25, -0.2) is 0 Å². The number of amides is 1. The van der Waals surface area contributed by atoms with Crippen molar-refractivity contribution >= 4 is 23.0 Å². The molecule has 0 bridgehead atoms. The zero-order chi connectivity index (χ0) is 22.3. The summed E-state index contributed by atoms with van der Waals surface area (Å²) in [6.45, 7) is 9.57. The Labute approximate surface area is 186 Å². The number of nitrogens with zero attached hydrogens (tertiary/aromatic N) is 4. The van der Waals surface area contributed by atoms with Crippen LogP contribution in [0.4, 0.5) is 0 Å². The fourth-order valence-electron chi connectivity index (χ4n) is 3.60. The highest BCUT2D eigenvalue weighted by atomic mass is 16.5. The van der Waals surface area contributed by atoms with E-state index in [4.69, 9.17) is 4.74 Å². The molecule has 4 rings (SSSR count). The number of nitrogens with one attached hydrogen (secondary N) is 2. The van der Waals surface area contributed by atoms with Crippen LogP contribution in [0.2, 0.25) is 0 Å². The molecule has 8 nitrogen and oxygen atoms in total. The lowest BCUT2D eigenvalue weighted by molar-refractivity contribution is 0.0341. The van der Waals surface area contributed by atoms with Crippen LogP contribution in [-0.4, -0.2) is 58.5 Å². The molecule has 1 fully saturated rings. The maximum Gasteiger partial charge on any atom is 0.276 e. The van der Waals surface area contributed by atoms with Gasteiger partial charge >= 0.3 is 0 Å². The maximum atomic E-state index is 12.8. The summed E-state index contributed by atoms with van der Waals surface area (Å²) in [7, 11) is 0. The van der Waals surface area contributed by atoms with E-state index in [0.29, 0.717) is 11.4 Å². The fraction of sp³-hybridized carbons (Fsp3) is 0.250. The first-order valence-electron chi connectivity index (χ1n) is 10.5. The number of morpholine rings is 1. The van der Waals surface area contributed by atoms with Crippen LogP contribution >= 0.6 is 0 Å². The molecule has 0 aliphatic carbocycles. The number of aliphatic imine (C=N–C) groups is 1. The predicted octanol–water partition coefficient (Wildman–Crippen LogP) is 3.31. The van der Waals surface area contributed by atoms with E-state index < -0.39 is 0 Å². The Morgan fingerprint density at radius 2 is 2.12 bits per heavy atom. The van der Waals surface area contributed by atoms with Crippen LogP contribution in [-0.2, 0) is 11.3 Å². The van der Waals surface area contributed by atoms with Crippen LogP contribution in [0.5, 0.6) is 0 Å². The second-order valence-electron chi connectivity index (χ2n) is 7.60. The van der Waals surface area contributed by atoms with Gasteiger partial charge in [0.2, 0.25) is 0 Å². The summed E-state index contributed by atoms with van der Waals surface area (Å²) in [6.07, 6.45) is 8.42. The van der Waals surface area contributed by atoms with Crippen LogP contribution in [0.3, 0.4) is 0 Å². The summed E-state index contributed by atoms with van der Waals surface area (Å²) >= 11 is 0. The number of rotatable bonds is 7. The molecule has 164 valence electrons. The van der Waals surface area contributed by atoms with Gasteiger partial charge in [0.1, 0.15) is 0 Å². The number of carbonyl (C=O) groups is 1. The Bertz CT molecular complexity index is 1170. The van der Waals surface area contributed by atoms with Gasteiger partial charge in [-0.3, -0.25) is 24.8 Å². The van der Waals surface area contributed by atoms with Gasteiger partial charge in [-0.15, -0.1) is 0 Å². The minimum atomic E-state index is -0.296. The monoisotopic (exact) mass is 430 g/mol. The standard InChI is InChI=1S/C24H26N6O2/c1-3-6-25-13-17(2)27-24(31)23-21-12-19(4-5-22(21)28-29-23)20-11-18(14-26-15-20)16-30-7-9-32-10-8-30/h3-6,11-15H,1,7-10,16H2,2H3,(H,27,31)(H,28,29)/b17-13+,25-6?. The minimum Gasteiger partial charge on any atom is -0.379 e. The number of aromatic amines is 1. The number of H-pyrrole nitrogens is 1. The molecule has 0 radical (unpaired) electrons. The number of carbonyl (C=O) groups excluding carboxylic acids is 1. The molecule has 0 spiro atoms. The second kappa shape index (κ2) is 10.1. The molecule has 1 aliphatic heterocycles. The van der Waals surface area contributed by atoms with E-state index in [1.807, 2.05) is 30.6 Å². The molecule has 1 amide bonds. The largest absolute Gasteiger partial charge is 0.379 e.